The minimum absolute atomic E-state index is 0.303. The zero-order valence-corrected chi connectivity index (χ0v) is 12.4. The lowest BCUT2D eigenvalue weighted by Crippen LogP contribution is -2.18. The molecule has 0 N–H and O–H groups in total. The first kappa shape index (κ1) is 15.0. The lowest BCUT2D eigenvalue weighted by Gasteiger charge is -2.18. The van der Waals surface area contributed by atoms with Crippen LogP contribution in [0.1, 0.15) is 18.1 Å². The highest BCUT2D eigenvalue weighted by atomic mass is 31.2. The van der Waals surface area contributed by atoms with Crippen molar-refractivity contribution < 1.29 is 9.09 Å². The molecule has 4 nitrogen and oxygen atoms in total. The summed E-state index contributed by atoms with van der Waals surface area (Å²) in [6.45, 7) is 2.08. The Kier molecular flexibility index (Phi) is 4.55. The van der Waals surface area contributed by atoms with E-state index in [-0.39, 0.29) is 0 Å². The first-order valence-electron chi connectivity index (χ1n) is 6.40. The van der Waals surface area contributed by atoms with E-state index in [1.807, 2.05) is 12.1 Å². The van der Waals surface area contributed by atoms with Gasteiger partial charge in [0.05, 0.1) is 29.9 Å². The zero-order chi connectivity index (χ0) is 15.3. The first-order chi connectivity index (χ1) is 10.1. The van der Waals surface area contributed by atoms with Crippen molar-refractivity contribution in [3.8, 4) is 12.1 Å². The van der Waals surface area contributed by atoms with Crippen LogP contribution in [-0.4, -0.2) is 6.61 Å². The normalized spacial score (nSPS) is 10.6. The van der Waals surface area contributed by atoms with Crippen molar-refractivity contribution in [1.82, 2.24) is 0 Å². The highest BCUT2D eigenvalue weighted by Crippen LogP contribution is 2.44. The van der Waals surface area contributed by atoms with Crippen molar-refractivity contribution >= 4 is 18.0 Å². The third kappa shape index (κ3) is 3.03. The second-order valence-electron chi connectivity index (χ2n) is 4.29. The van der Waals surface area contributed by atoms with Gasteiger partial charge in [0, 0.05) is 10.6 Å². The van der Waals surface area contributed by atoms with E-state index >= 15 is 0 Å². The monoisotopic (exact) mass is 296 g/mol. The van der Waals surface area contributed by atoms with Crippen LogP contribution >= 0.6 is 7.37 Å². The molecule has 2 aromatic rings. The molecular formula is C16H13N2O2P. The molecule has 0 aliphatic carbocycles. The lowest BCUT2D eigenvalue weighted by atomic mass is 10.2. The Morgan fingerprint density at radius 2 is 1.29 bits per heavy atom. The SMILES string of the molecule is CCOP(=O)(c1ccc(C#N)cc1)c1ccc(C#N)cc1. The van der Waals surface area contributed by atoms with Gasteiger partial charge in [-0.15, -0.1) is 0 Å². The summed E-state index contributed by atoms with van der Waals surface area (Å²) in [7, 11) is -3.20. The standard InChI is InChI=1S/C16H13N2O2P/c1-2-20-21(19,15-7-3-13(11-17)4-8-15)16-9-5-14(12-18)6-10-16/h3-10H,2H2,1H3. The van der Waals surface area contributed by atoms with Gasteiger partial charge in [0.25, 0.3) is 7.37 Å². The number of nitriles is 2. The highest BCUT2D eigenvalue weighted by Gasteiger charge is 2.28. The molecule has 0 amide bonds. The van der Waals surface area contributed by atoms with Crippen LogP contribution in [0.25, 0.3) is 0 Å². The topological polar surface area (TPSA) is 73.9 Å². The van der Waals surface area contributed by atoms with E-state index in [9.17, 15) is 4.57 Å². The summed E-state index contributed by atoms with van der Waals surface area (Å²) in [5, 5.41) is 18.7. The summed E-state index contributed by atoms with van der Waals surface area (Å²) < 4.78 is 18.8. The maximum Gasteiger partial charge on any atom is 0.261 e. The first-order valence-corrected chi connectivity index (χ1v) is 8.02. The van der Waals surface area contributed by atoms with E-state index in [2.05, 4.69) is 0 Å². The molecule has 5 heteroatoms. The number of rotatable bonds is 4. The molecule has 104 valence electrons. The largest absolute Gasteiger partial charge is 0.322 e. The fourth-order valence-corrected chi connectivity index (χ4v) is 3.99. The van der Waals surface area contributed by atoms with Crippen molar-refractivity contribution in [3.05, 3.63) is 59.7 Å². The van der Waals surface area contributed by atoms with E-state index in [0.29, 0.717) is 28.3 Å². The van der Waals surface area contributed by atoms with Gasteiger partial charge in [0.15, 0.2) is 0 Å². The molecule has 0 radical (unpaired) electrons. The van der Waals surface area contributed by atoms with Gasteiger partial charge in [0.1, 0.15) is 0 Å². The van der Waals surface area contributed by atoms with Crippen LogP contribution in [0.3, 0.4) is 0 Å². The van der Waals surface area contributed by atoms with Crippen LogP contribution in [0.5, 0.6) is 0 Å². The minimum atomic E-state index is -3.20. The molecule has 0 spiro atoms. The average molecular weight is 296 g/mol. The average Bonchev–Trinajstić information content (AvgIpc) is 2.55. The summed E-state index contributed by atoms with van der Waals surface area (Å²) in [4.78, 5) is 0. The molecule has 0 aliphatic rings. The van der Waals surface area contributed by atoms with Gasteiger partial charge in [0.2, 0.25) is 0 Å². The minimum Gasteiger partial charge on any atom is -0.322 e. The molecule has 2 rings (SSSR count). The summed E-state index contributed by atoms with van der Waals surface area (Å²) in [6.07, 6.45) is 0. The second kappa shape index (κ2) is 6.37. The predicted octanol–water partition coefficient (Wildman–Crippen LogP) is 2.70. The van der Waals surface area contributed by atoms with Gasteiger partial charge in [-0.1, -0.05) is 0 Å². The van der Waals surface area contributed by atoms with Gasteiger partial charge in [-0.3, -0.25) is 4.57 Å². The summed E-state index contributed by atoms with van der Waals surface area (Å²) in [5.74, 6) is 0. The second-order valence-corrected chi connectivity index (χ2v) is 6.68. The maximum atomic E-state index is 13.2. The molecule has 0 fully saturated rings. The molecule has 2 aromatic carbocycles. The Morgan fingerprint density at radius 1 is 0.905 bits per heavy atom. The van der Waals surface area contributed by atoms with Gasteiger partial charge in [-0.25, -0.2) is 0 Å². The molecule has 0 unspecified atom stereocenters. The third-order valence-electron chi connectivity index (χ3n) is 2.98. The molecule has 0 bridgehead atoms. The van der Waals surface area contributed by atoms with E-state index in [0.717, 1.165) is 0 Å². The fourth-order valence-electron chi connectivity index (χ4n) is 1.94. The molecule has 0 saturated carbocycles. The van der Waals surface area contributed by atoms with Crippen LogP contribution < -0.4 is 10.6 Å². The van der Waals surface area contributed by atoms with E-state index < -0.39 is 7.37 Å². The highest BCUT2D eigenvalue weighted by molar-refractivity contribution is 7.74. The third-order valence-corrected chi connectivity index (χ3v) is 5.56. The van der Waals surface area contributed by atoms with Crippen molar-refractivity contribution in [2.45, 2.75) is 6.92 Å². The smallest absolute Gasteiger partial charge is 0.261 e. The fraction of sp³-hybridized carbons (Fsp3) is 0.125. The Bertz CT molecular complexity index is 691. The Morgan fingerprint density at radius 3 is 1.57 bits per heavy atom. The van der Waals surface area contributed by atoms with Crippen LogP contribution in [0.15, 0.2) is 48.5 Å². The molecule has 0 heterocycles. The summed E-state index contributed by atoms with van der Waals surface area (Å²) >= 11 is 0. The van der Waals surface area contributed by atoms with Crippen molar-refractivity contribution in [1.29, 1.82) is 10.5 Å². The quantitative estimate of drug-likeness (QED) is 0.813. The predicted molar refractivity (Wildman–Crippen MR) is 80.8 cm³/mol. The van der Waals surface area contributed by atoms with E-state index in [4.69, 9.17) is 15.0 Å². The Balaban J connectivity index is 2.50. The molecule has 0 saturated heterocycles. The number of benzene rings is 2. The number of nitrogens with zero attached hydrogens (tertiary/aromatic N) is 2. The van der Waals surface area contributed by atoms with Crippen LogP contribution in [-0.2, 0) is 9.09 Å². The zero-order valence-electron chi connectivity index (χ0n) is 11.5. The molecule has 0 atom stereocenters. The van der Waals surface area contributed by atoms with Crippen molar-refractivity contribution in [2.75, 3.05) is 6.61 Å². The Hall–Kier alpha value is -2.39. The van der Waals surface area contributed by atoms with Gasteiger partial charge in [-0.05, 0) is 55.5 Å². The molecule has 21 heavy (non-hydrogen) atoms. The number of hydrogen-bond acceptors (Lipinski definition) is 4. The molecule has 0 aromatic heterocycles. The van der Waals surface area contributed by atoms with Gasteiger partial charge >= 0.3 is 0 Å². The van der Waals surface area contributed by atoms with Crippen LogP contribution in [0, 0.1) is 22.7 Å². The summed E-state index contributed by atoms with van der Waals surface area (Å²) in [6, 6.07) is 17.1. The van der Waals surface area contributed by atoms with Gasteiger partial charge < -0.3 is 4.52 Å². The molecule has 0 aliphatic heterocycles. The van der Waals surface area contributed by atoms with Crippen molar-refractivity contribution in [3.63, 3.8) is 0 Å². The Labute approximate surface area is 123 Å². The van der Waals surface area contributed by atoms with Gasteiger partial charge in [-0.2, -0.15) is 10.5 Å². The summed E-state index contributed by atoms with van der Waals surface area (Å²) in [5.41, 5.74) is 1.00. The lowest BCUT2D eigenvalue weighted by molar-refractivity contribution is 0.348. The van der Waals surface area contributed by atoms with Crippen LogP contribution in [0.4, 0.5) is 0 Å². The maximum absolute atomic E-state index is 13.2. The van der Waals surface area contributed by atoms with E-state index in [1.165, 1.54) is 0 Å². The van der Waals surface area contributed by atoms with Crippen molar-refractivity contribution in [2.24, 2.45) is 0 Å². The number of hydrogen-bond donors (Lipinski definition) is 0. The molecular weight excluding hydrogens is 283 g/mol. The van der Waals surface area contributed by atoms with Crippen LogP contribution in [0.2, 0.25) is 0 Å². The van der Waals surface area contributed by atoms with E-state index in [1.54, 1.807) is 55.5 Å².